The van der Waals surface area contributed by atoms with Gasteiger partial charge in [0, 0.05) is 19.3 Å². The van der Waals surface area contributed by atoms with Crippen molar-refractivity contribution in [2.45, 2.75) is 252 Å². The second-order valence-electron chi connectivity index (χ2n) is 17.1. The maximum Gasteiger partial charge on any atom is 0.306 e. The van der Waals surface area contributed by atoms with Crippen molar-refractivity contribution in [3.05, 3.63) is 72.9 Å². The molecule has 0 aliphatic carbocycles. The van der Waals surface area contributed by atoms with Gasteiger partial charge >= 0.3 is 17.9 Å². The van der Waals surface area contributed by atoms with Gasteiger partial charge in [-0.05, 0) is 70.6 Å². The van der Waals surface area contributed by atoms with Crippen molar-refractivity contribution in [1.82, 2.24) is 0 Å². The van der Waals surface area contributed by atoms with E-state index < -0.39 is 6.10 Å². The number of unbranched alkanes of at least 4 members (excludes halogenated alkanes) is 23. The van der Waals surface area contributed by atoms with Gasteiger partial charge in [-0.3, -0.25) is 14.4 Å². The zero-order chi connectivity index (χ0) is 45.1. The van der Waals surface area contributed by atoms with E-state index in [2.05, 4.69) is 93.7 Å². The maximum absolute atomic E-state index is 12.6. The van der Waals surface area contributed by atoms with Gasteiger partial charge in [0.15, 0.2) is 6.10 Å². The van der Waals surface area contributed by atoms with Gasteiger partial charge in [0.25, 0.3) is 0 Å². The number of hydrogen-bond acceptors (Lipinski definition) is 6. The summed E-state index contributed by atoms with van der Waals surface area (Å²) in [6, 6.07) is 0. The molecule has 0 aromatic rings. The molecular weight excluding hydrogens is 769 g/mol. The lowest BCUT2D eigenvalue weighted by Gasteiger charge is -2.18. The fourth-order valence-electron chi connectivity index (χ4n) is 7.09. The molecule has 0 aromatic carbocycles. The monoisotopic (exact) mass is 865 g/mol. The summed E-state index contributed by atoms with van der Waals surface area (Å²) >= 11 is 0. The Bertz CT molecular complexity index is 1180. The van der Waals surface area contributed by atoms with E-state index in [0.29, 0.717) is 19.3 Å². The van der Waals surface area contributed by atoms with Gasteiger partial charge in [-0.15, -0.1) is 0 Å². The van der Waals surface area contributed by atoms with Crippen LogP contribution in [0.3, 0.4) is 0 Å². The first kappa shape index (κ1) is 58.9. The molecular formula is C56H96O6. The molecule has 0 spiro atoms. The first-order valence-electron chi connectivity index (χ1n) is 25.9. The van der Waals surface area contributed by atoms with E-state index in [1.165, 1.54) is 109 Å². The summed E-state index contributed by atoms with van der Waals surface area (Å²) in [5.74, 6) is -0.891. The SMILES string of the molecule is CC/C=C\C/C=C\C/C=C\C/C=C\C/C=C\C/C=C\CCCCCCCCCCCCC(=O)OCC(COC(=O)CCCCCCCC)OC(=O)CCCCCCCCCCC. The molecule has 0 rings (SSSR count). The molecule has 0 bridgehead atoms. The minimum absolute atomic E-state index is 0.0745. The predicted molar refractivity (Wildman–Crippen MR) is 265 cm³/mol. The summed E-state index contributed by atoms with van der Waals surface area (Å²) in [4.78, 5) is 37.6. The van der Waals surface area contributed by atoms with E-state index in [0.717, 1.165) is 96.3 Å². The van der Waals surface area contributed by atoms with Crippen molar-refractivity contribution >= 4 is 17.9 Å². The molecule has 0 N–H and O–H groups in total. The number of allylic oxidation sites excluding steroid dienone is 12. The van der Waals surface area contributed by atoms with Crippen molar-refractivity contribution in [3.8, 4) is 0 Å². The normalized spacial score (nSPS) is 12.6. The maximum atomic E-state index is 12.6. The lowest BCUT2D eigenvalue weighted by molar-refractivity contribution is -0.167. The fraction of sp³-hybridized carbons (Fsp3) is 0.732. The summed E-state index contributed by atoms with van der Waals surface area (Å²) in [5.41, 5.74) is 0. The first-order valence-corrected chi connectivity index (χ1v) is 25.9. The molecule has 0 heterocycles. The predicted octanol–water partition coefficient (Wildman–Crippen LogP) is 17.0. The summed E-state index contributed by atoms with van der Waals surface area (Å²) in [6.07, 6.45) is 63.6. The molecule has 0 radical (unpaired) electrons. The molecule has 0 aromatic heterocycles. The summed E-state index contributed by atoms with van der Waals surface area (Å²) < 4.78 is 16.6. The Morgan fingerprint density at radius 1 is 0.339 bits per heavy atom. The van der Waals surface area contributed by atoms with Crippen LogP contribution in [-0.2, 0) is 28.6 Å². The van der Waals surface area contributed by atoms with E-state index in [1.807, 2.05) is 0 Å². The lowest BCUT2D eigenvalue weighted by Crippen LogP contribution is -2.30. The standard InChI is InChI=1S/C56H96O6/c1-4-7-10-13-16-18-19-20-21-22-23-24-25-26-27-28-29-30-31-32-33-34-35-36-37-39-40-43-46-49-55(58)61-52-53(51-60-54(57)48-45-42-15-12-9-6-3)62-56(59)50-47-44-41-38-17-14-11-8-5-2/h7,10,16,18,20-21,23-24,26-27,29-30,53H,4-6,8-9,11-15,17,19,22,25,28,31-52H2,1-3H3/b10-7-,18-16-,21-20-,24-23-,27-26-,30-29-. The Morgan fingerprint density at radius 3 is 0.984 bits per heavy atom. The van der Waals surface area contributed by atoms with E-state index in [9.17, 15) is 14.4 Å². The van der Waals surface area contributed by atoms with E-state index in [4.69, 9.17) is 14.2 Å². The van der Waals surface area contributed by atoms with Crippen LogP contribution < -0.4 is 0 Å². The van der Waals surface area contributed by atoms with Crippen LogP contribution in [-0.4, -0.2) is 37.2 Å². The third kappa shape index (κ3) is 47.9. The number of hydrogen-bond donors (Lipinski definition) is 0. The summed E-state index contributed by atoms with van der Waals surface area (Å²) in [6.45, 7) is 6.44. The molecule has 1 unspecified atom stereocenters. The van der Waals surface area contributed by atoms with Gasteiger partial charge in [-0.1, -0.05) is 229 Å². The highest BCUT2D eigenvalue weighted by Crippen LogP contribution is 2.15. The summed E-state index contributed by atoms with van der Waals surface area (Å²) in [5, 5.41) is 0. The first-order chi connectivity index (χ1) is 30.5. The van der Waals surface area contributed by atoms with Crippen LogP contribution in [0, 0.1) is 0 Å². The average Bonchev–Trinajstić information content (AvgIpc) is 3.27. The molecule has 6 nitrogen and oxygen atoms in total. The molecule has 1 atom stereocenters. The van der Waals surface area contributed by atoms with E-state index >= 15 is 0 Å². The number of esters is 3. The van der Waals surface area contributed by atoms with Crippen LogP contribution >= 0.6 is 0 Å². The van der Waals surface area contributed by atoms with E-state index in [-0.39, 0.29) is 31.1 Å². The van der Waals surface area contributed by atoms with Gasteiger partial charge in [0.05, 0.1) is 0 Å². The molecule has 0 saturated heterocycles. The molecule has 0 aliphatic rings. The lowest BCUT2D eigenvalue weighted by atomic mass is 10.1. The Kier molecular flexibility index (Phi) is 47.9. The highest BCUT2D eigenvalue weighted by atomic mass is 16.6. The van der Waals surface area contributed by atoms with Gasteiger partial charge in [-0.25, -0.2) is 0 Å². The van der Waals surface area contributed by atoms with Crippen molar-refractivity contribution in [2.24, 2.45) is 0 Å². The second kappa shape index (κ2) is 50.5. The van der Waals surface area contributed by atoms with Gasteiger partial charge < -0.3 is 14.2 Å². The third-order valence-electron chi connectivity index (χ3n) is 11.0. The fourth-order valence-corrected chi connectivity index (χ4v) is 7.09. The number of ether oxygens (including phenoxy) is 3. The molecule has 0 saturated carbocycles. The highest BCUT2D eigenvalue weighted by Gasteiger charge is 2.19. The quantitative estimate of drug-likeness (QED) is 0.0262. The van der Waals surface area contributed by atoms with Crippen LogP contribution in [0.15, 0.2) is 72.9 Å². The molecule has 0 amide bonds. The minimum Gasteiger partial charge on any atom is -0.462 e. The van der Waals surface area contributed by atoms with Crippen LogP contribution in [0.25, 0.3) is 0 Å². The molecule has 0 fully saturated rings. The molecule has 62 heavy (non-hydrogen) atoms. The van der Waals surface area contributed by atoms with Gasteiger partial charge in [-0.2, -0.15) is 0 Å². The molecule has 0 aliphatic heterocycles. The number of carbonyl (C=O) groups is 3. The zero-order valence-electron chi connectivity index (χ0n) is 40.6. The van der Waals surface area contributed by atoms with Crippen LogP contribution in [0.1, 0.15) is 245 Å². The van der Waals surface area contributed by atoms with E-state index in [1.54, 1.807) is 0 Å². The molecule has 356 valence electrons. The third-order valence-corrected chi connectivity index (χ3v) is 11.0. The minimum atomic E-state index is -0.768. The smallest absolute Gasteiger partial charge is 0.306 e. The zero-order valence-corrected chi connectivity index (χ0v) is 40.6. The van der Waals surface area contributed by atoms with Crippen molar-refractivity contribution < 1.29 is 28.6 Å². The largest absolute Gasteiger partial charge is 0.462 e. The Hall–Kier alpha value is -3.15. The van der Waals surface area contributed by atoms with Crippen molar-refractivity contribution in [1.29, 1.82) is 0 Å². The second-order valence-corrected chi connectivity index (χ2v) is 17.1. The highest BCUT2D eigenvalue weighted by molar-refractivity contribution is 5.71. The Balaban J connectivity index is 4.03. The Labute approximate surface area is 382 Å². The number of carbonyl (C=O) groups excluding carboxylic acids is 3. The topological polar surface area (TPSA) is 78.9 Å². The Morgan fingerprint density at radius 2 is 0.629 bits per heavy atom. The van der Waals surface area contributed by atoms with Crippen LogP contribution in [0.4, 0.5) is 0 Å². The number of rotatable bonds is 46. The van der Waals surface area contributed by atoms with Crippen LogP contribution in [0.2, 0.25) is 0 Å². The molecule has 6 heteroatoms. The van der Waals surface area contributed by atoms with Gasteiger partial charge in [0.1, 0.15) is 13.2 Å². The summed E-state index contributed by atoms with van der Waals surface area (Å²) in [7, 11) is 0. The van der Waals surface area contributed by atoms with Crippen molar-refractivity contribution in [3.63, 3.8) is 0 Å². The van der Waals surface area contributed by atoms with Crippen LogP contribution in [0.5, 0.6) is 0 Å². The van der Waals surface area contributed by atoms with Gasteiger partial charge in [0.2, 0.25) is 0 Å². The average molecular weight is 865 g/mol. The van der Waals surface area contributed by atoms with Crippen molar-refractivity contribution in [2.75, 3.05) is 13.2 Å².